The van der Waals surface area contributed by atoms with Crippen LogP contribution < -0.4 is 10.7 Å². The molecule has 1 atom stereocenters. The molecule has 0 radical (unpaired) electrons. The van der Waals surface area contributed by atoms with Gasteiger partial charge in [0.2, 0.25) is 5.76 Å². The van der Waals surface area contributed by atoms with Gasteiger partial charge in [-0.15, -0.1) is 0 Å². The van der Waals surface area contributed by atoms with E-state index in [-0.39, 0.29) is 16.8 Å². The molecular weight excluding hydrogens is 370 g/mol. The molecule has 0 bridgehead atoms. The van der Waals surface area contributed by atoms with Crippen LogP contribution in [0.4, 0.5) is 5.69 Å². The highest BCUT2D eigenvalue weighted by Crippen LogP contribution is 2.17. The fourth-order valence-electron chi connectivity index (χ4n) is 2.45. The SMILES string of the molecule is Cc1ccc2oc(C(=O)O[C@@H](C)C(=O)Nc3cccc(Cl)c3)cc(=O)c2c1. The van der Waals surface area contributed by atoms with E-state index >= 15 is 0 Å². The summed E-state index contributed by atoms with van der Waals surface area (Å²) in [5.41, 5.74) is 1.29. The summed E-state index contributed by atoms with van der Waals surface area (Å²) in [5.74, 6) is -1.70. The molecule has 0 spiro atoms. The number of aryl methyl sites for hydroxylation is 1. The van der Waals surface area contributed by atoms with Crippen molar-refractivity contribution in [3.63, 3.8) is 0 Å². The van der Waals surface area contributed by atoms with Gasteiger partial charge in [0.15, 0.2) is 11.5 Å². The number of anilines is 1. The van der Waals surface area contributed by atoms with Gasteiger partial charge in [0.1, 0.15) is 5.58 Å². The fraction of sp³-hybridized carbons (Fsp3) is 0.150. The summed E-state index contributed by atoms with van der Waals surface area (Å²) in [6.07, 6.45) is -1.10. The third kappa shape index (κ3) is 4.35. The van der Waals surface area contributed by atoms with Crippen molar-refractivity contribution in [3.8, 4) is 0 Å². The summed E-state index contributed by atoms with van der Waals surface area (Å²) in [4.78, 5) is 36.6. The van der Waals surface area contributed by atoms with E-state index in [1.807, 2.05) is 6.92 Å². The largest absolute Gasteiger partial charge is 0.449 e. The molecule has 138 valence electrons. The second-order valence-corrected chi connectivity index (χ2v) is 6.46. The van der Waals surface area contributed by atoms with Crippen LogP contribution in [0.2, 0.25) is 5.02 Å². The molecule has 0 saturated carbocycles. The minimum Gasteiger partial charge on any atom is -0.449 e. The van der Waals surface area contributed by atoms with Crippen LogP contribution in [0.15, 0.2) is 57.7 Å². The van der Waals surface area contributed by atoms with E-state index in [1.165, 1.54) is 6.92 Å². The van der Waals surface area contributed by atoms with E-state index in [4.69, 9.17) is 20.8 Å². The van der Waals surface area contributed by atoms with Gasteiger partial charge in [-0.1, -0.05) is 29.3 Å². The Morgan fingerprint density at radius 1 is 1.15 bits per heavy atom. The highest BCUT2D eigenvalue weighted by atomic mass is 35.5. The molecule has 27 heavy (non-hydrogen) atoms. The van der Waals surface area contributed by atoms with Gasteiger partial charge in [-0.2, -0.15) is 0 Å². The van der Waals surface area contributed by atoms with Crippen LogP contribution in [-0.4, -0.2) is 18.0 Å². The molecule has 6 nitrogen and oxygen atoms in total. The second kappa shape index (κ2) is 7.63. The zero-order chi connectivity index (χ0) is 19.6. The Labute approximate surface area is 159 Å². The van der Waals surface area contributed by atoms with Gasteiger partial charge in [0, 0.05) is 16.8 Å². The number of ether oxygens (including phenoxy) is 1. The number of nitrogens with one attached hydrogen (secondary N) is 1. The maximum Gasteiger partial charge on any atom is 0.375 e. The molecule has 1 heterocycles. The van der Waals surface area contributed by atoms with Gasteiger partial charge < -0.3 is 14.5 Å². The summed E-state index contributed by atoms with van der Waals surface area (Å²) in [6, 6.07) is 12.7. The van der Waals surface area contributed by atoms with Crippen LogP contribution in [0, 0.1) is 6.92 Å². The molecule has 0 aliphatic carbocycles. The lowest BCUT2D eigenvalue weighted by Gasteiger charge is -2.13. The molecule has 1 aromatic heterocycles. The predicted molar refractivity (Wildman–Crippen MR) is 102 cm³/mol. The van der Waals surface area contributed by atoms with Crippen molar-refractivity contribution in [1.29, 1.82) is 0 Å². The van der Waals surface area contributed by atoms with E-state index in [9.17, 15) is 14.4 Å². The van der Waals surface area contributed by atoms with Crippen LogP contribution in [-0.2, 0) is 9.53 Å². The summed E-state index contributed by atoms with van der Waals surface area (Å²) < 4.78 is 10.6. The minimum atomic E-state index is -1.10. The Morgan fingerprint density at radius 3 is 2.67 bits per heavy atom. The number of carbonyl (C=O) groups excluding carboxylic acids is 2. The number of hydrogen-bond acceptors (Lipinski definition) is 5. The normalized spacial score (nSPS) is 11.8. The summed E-state index contributed by atoms with van der Waals surface area (Å²) >= 11 is 5.87. The Kier molecular flexibility index (Phi) is 5.28. The van der Waals surface area contributed by atoms with Crippen molar-refractivity contribution in [2.75, 3.05) is 5.32 Å². The van der Waals surface area contributed by atoms with E-state index < -0.39 is 18.0 Å². The van der Waals surface area contributed by atoms with Gasteiger partial charge >= 0.3 is 5.97 Å². The number of benzene rings is 2. The average molecular weight is 386 g/mol. The van der Waals surface area contributed by atoms with E-state index in [0.29, 0.717) is 16.1 Å². The summed E-state index contributed by atoms with van der Waals surface area (Å²) in [7, 11) is 0. The smallest absolute Gasteiger partial charge is 0.375 e. The highest BCUT2D eigenvalue weighted by Gasteiger charge is 2.21. The molecule has 1 amide bonds. The number of esters is 1. The van der Waals surface area contributed by atoms with Crippen LogP contribution in [0.5, 0.6) is 0 Å². The second-order valence-electron chi connectivity index (χ2n) is 6.02. The molecule has 0 aliphatic rings. The van der Waals surface area contributed by atoms with Crippen LogP contribution >= 0.6 is 11.6 Å². The molecule has 0 aliphatic heterocycles. The quantitative estimate of drug-likeness (QED) is 0.687. The van der Waals surface area contributed by atoms with E-state index in [0.717, 1.165) is 11.6 Å². The highest BCUT2D eigenvalue weighted by molar-refractivity contribution is 6.30. The first kappa shape index (κ1) is 18.7. The van der Waals surface area contributed by atoms with Crippen molar-refractivity contribution in [3.05, 3.63) is 75.1 Å². The molecule has 2 aromatic carbocycles. The molecule has 0 unspecified atom stereocenters. The Hall–Kier alpha value is -3.12. The van der Waals surface area contributed by atoms with Crippen molar-refractivity contribution in [1.82, 2.24) is 0 Å². The zero-order valence-electron chi connectivity index (χ0n) is 14.6. The van der Waals surface area contributed by atoms with Crippen LogP contribution in [0.1, 0.15) is 23.0 Å². The van der Waals surface area contributed by atoms with E-state index in [2.05, 4.69) is 5.32 Å². The molecule has 3 rings (SSSR count). The molecular formula is C20H16ClNO5. The Bertz CT molecular complexity index is 1090. The van der Waals surface area contributed by atoms with Crippen molar-refractivity contribution in [2.45, 2.75) is 20.0 Å². The van der Waals surface area contributed by atoms with Gasteiger partial charge in [-0.3, -0.25) is 9.59 Å². The van der Waals surface area contributed by atoms with Gasteiger partial charge in [-0.25, -0.2) is 4.79 Å². The number of rotatable bonds is 4. The lowest BCUT2D eigenvalue weighted by molar-refractivity contribution is -0.123. The number of fused-ring (bicyclic) bond motifs is 1. The number of carbonyl (C=O) groups is 2. The number of hydrogen-bond donors (Lipinski definition) is 1. The molecule has 0 fully saturated rings. The first-order chi connectivity index (χ1) is 12.8. The van der Waals surface area contributed by atoms with Crippen LogP contribution in [0.3, 0.4) is 0 Å². The maximum atomic E-state index is 12.3. The molecule has 0 saturated heterocycles. The number of halogens is 1. The lowest BCUT2D eigenvalue weighted by Crippen LogP contribution is -2.30. The fourth-order valence-corrected chi connectivity index (χ4v) is 2.64. The zero-order valence-corrected chi connectivity index (χ0v) is 15.4. The predicted octanol–water partition coefficient (Wildman–Crippen LogP) is 3.94. The minimum absolute atomic E-state index is 0.265. The summed E-state index contributed by atoms with van der Waals surface area (Å²) in [6.45, 7) is 3.27. The first-order valence-electron chi connectivity index (χ1n) is 8.15. The molecule has 1 N–H and O–H groups in total. The van der Waals surface area contributed by atoms with Crippen molar-refractivity contribution < 1.29 is 18.7 Å². The standard InChI is InChI=1S/C20H16ClNO5/c1-11-6-7-17-15(8-11)16(23)10-18(27-17)20(25)26-12(2)19(24)22-14-5-3-4-13(21)9-14/h3-10,12H,1-2H3,(H,22,24)/t12-/m0/s1. The van der Waals surface area contributed by atoms with Gasteiger partial charge in [0.05, 0.1) is 5.39 Å². The third-order valence-corrected chi connectivity index (χ3v) is 4.06. The lowest BCUT2D eigenvalue weighted by atomic mass is 10.1. The summed E-state index contributed by atoms with van der Waals surface area (Å²) in [5, 5.41) is 3.43. The Morgan fingerprint density at radius 2 is 1.93 bits per heavy atom. The third-order valence-electron chi connectivity index (χ3n) is 3.83. The van der Waals surface area contributed by atoms with Gasteiger partial charge in [0.25, 0.3) is 5.91 Å². The van der Waals surface area contributed by atoms with Crippen LogP contribution in [0.25, 0.3) is 11.0 Å². The monoisotopic (exact) mass is 385 g/mol. The Balaban J connectivity index is 1.74. The van der Waals surface area contributed by atoms with E-state index in [1.54, 1.807) is 42.5 Å². The number of amides is 1. The first-order valence-corrected chi connectivity index (χ1v) is 8.53. The molecule has 7 heteroatoms. The molecule has 3 aromatic rings. The van der Waals surface area contributed by atoms with Crippen molar-refractivity contribution in [2.24, 2.45) is 0 Å². The topological polar surface area (TPSA) is 85.6 Å². The maximum absolute atomic E-state index is 12.3. The average Bonchev–Trinajstić information content (AvgIpc) is 2.62. The van der Waals surface area contributed by atoms with Gasteiger partial charge in [-0.05, 0) is 44.2 Å². The van der Waals surface area contributed by atoms with Crippen molar-refractivity contribution >= 4 is 40.1 Å².